The molecule has 19 heavy (non-hydrogen) atoms. The fourth-order valence-electron chi connectivity index (χ4n) is 2.20. The fraction of sp³-hybridized carbons (Fsp3) is 0.188. The van der Waals surface area contributed by atoms with Crippen LogP contribution in [0.15, 0.2) is 59.6 Å². The summed E-state index contributed by atoms with van der Waals surface area (Å²) in [5.74, 6) is 0.884. The molecule has 1 heterocycles. The SMILES string of the molecule is CN(C)C1=NC(c2ccccc2)c2ccccc2O1. The summed E-state index contributed by atoms with van der Waals surface area (Å²) in [6, 6.07) is 19.0. The van der Waals surface area contributed by atoms with Crippen LogP contribution in [0.4, 0.5) is 0 Å². The van der Waals surface area contributed by atoms with Gasteiger partial charge in [0.25, 0.3) is 6.02 Å². The van der Waals surface area contributed by atoms with E-state index in [4.69, 9.17) is 9.73 Å². The highest BCUT2D eigenvalue weighted by Crippen LogP contribution is 2.36. The number of amidine groups is 1. The van der Waals surface area contributed by atoms with Crippen molar-refractivity contribution in [3.05, 3.63) is 65.7 Å². The van der Waals surface area contributed by atoms with Crippen molar-refractivity contribution >= 4 is 6.02 Å². The molecule has 1 aliphatic rings. The maximum atomic E-state index is 5.82. The van der Waals surface area contributed by atoms with Gasteiger partial charge in [-0.25, -0.2) is 4.99 Å². The normalized spacial score (nSPS) is 17.2. The summed E-state index contributed by atoms with van der Waals surface area (Å²) in [5, 5.41) is 0. The lowest BCUT2D eigenvalue weighted by molar-refractivity contribution is 0.406. The first-order valence-electron chi connectivity index (χ1n) is 6.32. The number of hydrogen-bond donors (Lipinski definition) is 0. The number of ether oxygens (including phenoxy) is 1. The van der Waals surface area contributed by atoms with E-state index >= 15 is 0 Å². The van der Waals surface area contributed by atoms with E-state index in [9.17, 15) is 0 Å². The summed E-state index contributed by atoms with van der Waals surface area (Å²) in [4.78, 5) is 6.61. The van der Waals surface area contributed by atoms with E-state index < -0.39 is 0 Å². The van der Waals surface area contributed by atoms with Gasteiger partial charge in [0.15, 0.2) is 0 Å². The molecule has 0 amide bonds. The van der Waals surface area contributed by atoms with Gasteiger partial charge >= 0.3 is 0 Å². The van der Waals surface area contributed by atoms with Gasteiger partial charge in [-0.15, -0.1) is 0 Å². The lowest BCUT2D eigenvalue weighted by atomic mass is 9.98. The number of hydrogen-bond acceptors (Lipinski definition) is 3. The van der Waals surface area contributed by atoms with Gasteiger partial charge in [-0.2, -0.15) is 0 Å². The Bertz CT molecular complexity index is 605. The third-order valence-electron chi connectivity index (χ3n) is 3.15. The largest absolute Gasteiger partial charge is 0.426 e. The van der Waals surface area contributed by atoms with Crippen LogP contribution in [0.3, 0.4) is 0 Å². The number of fused-ring (bicyclic) bond motifs is 1. The van der Waals surface area contributed by atoms with Crippen molar-refractivity contribution in [2.45, 2.75) is 6.04 Å². The zero-order valence-corrected chi connectivity index (χ0v) is 11.1. The van der Waals surface area contributed by atoms with Crippen molar-refractivity contribution in [2.24, 2.45) is 4.99 Å². The standard InChI is InChI=1S/C16H16N2O/c1-18(2)16-17-15(12-8-4-3-5-9-12)13-10-6-7-11-14(13)19-16/h3-11,15H,1-2H3. The van der Waals surface area contributed by atoms with Crippen molar-refractivity contribution in [1.82, 2.24) is 4.90 Å². The van der Waals surface area contributed by atoms with E-state index in [1.54, 1.807) is 0 Å². The van der Waals surface area contributed by atoms with E-state index in [2.05, 4.69) is 18.2 Å². The Kier molecular flexibility index (Phi) is 2.95. The van der Waals surface area contributed by atoms with Gasteiger partial charge in [0.1, 0.15) is 11.8 Å². The van der Waals surface area contributed by atoms with E-state index in [1.165, 1.54) is 5.56 Å². The van der Waals surface area contributed by atoms with Crippen molar-refractivity contribution in [3.8, 4) is 5.75 Å². The first-order chi connectivity index (χ1) is 9.25. The maximum Gasteiger partial charge on any atom is 0.293 e. The van der Waals surface area contributed by atoms with E-state index in [0.717, 1.165) is 11.3 Å². The van der Waals surface area contributed by atoms with Gasteiger partial charge in [-0.3, -0.25) is 0 Å². The molecule has 0 radical (unpaired) electrons. The quantitative estimate of drug-likeness (QED) is 0.779. The van der Waals surface area contributed by atoms with E-state index in [0.29, 0.717) is 6.02 Å². The molecule has 0 aromatic heterocycles. The second-order valence-electron chi connectivity index (χ2n) is 4.76. The number of aliphatic imine (C=N–C) groups is 1. The second kappa shape index (κ2) is 4.76. The van der Waals surface area contributed by atoms with Crippen molar-refractivity contribution in [1.29, 1.82) is 0 Å². The van der Waals surface area contributed by atoms with Gasteiger partial charge < -0.3 is 9.64 Å². The topological polar surface area (TPSA) is 24.8 Å². The molecule has 0 bridgehead atoms. The zero-order valence-electron chi connectivity index (χ0n) is 11.1. The summed E-state index contributed by atoms with van der Waals surface area (Å²) in [6.07, 6.45) is 0. The van der Waals surface area contributed by atoms with Gasteiger partial charge in [0.2, 0.25) is 0 Å². The summed E-state index contributed by atoms with van der Waals surface area (Å²) in [5.41, 5.74) is 2.29. The van der Waals surface area contributed by atoms with Crippen LogP contribution in [0.2, 0.25) is 0 Å². The fourth-order valence-corrected chi connectivity index (χ4v) is 2.20. The molecule has 0 aliphatic carbocycles. The predicted molar refractivity (Wildman–Crippen MR) is 76.5 cm³/mol. The van der Waals surface area contributed by atoms with E-state index in [-0.39, 0.29) is 6.04 Å². The average molecular weight is 252 g/mol. The van der Waals surface area contributed by atoms with Crippen LogP contribution >= 0.6 is 0 Å². The average Bonchev–Trinajstić information content (AvgIpc) is 2.47. The third kappa shape index (κ3) is 2.19. The minimum atomic E-state index is 0.00329. The molecule has 0 saturated heterocycles. The first kappa shape index (κ1) is 11.8. The molecule has 3 rings (SSSR count). The Morgan fingerprint density at radius 2 is 1.63 bits per heavy atom. The number of nitrogens with zero attached hydrogens (tertiary/aromatic N) is 2. The highest BCUT2D eigenvalue weighted by atomic mass is 16.5. The Morgan fingerprint density at radius 1 is 0.947 bits per heavy atom. The third-order valence-corrected chi connectivity index (χ3v) is 3.15. The van der Waals surface area contributed by atoms with Gasteiger partial charge in [0.05, 0.1) is 0 Å². The minimum Gasteiger partial charge on any atom is -0.426 e. The van der Waals surface area contributed by atoms with Crippen molar-refractivity contribution in [2.75, 3.05) is 14.1 Å². The van der Waals surface area contributed by atoms with Gasteiger partial charge in [-0.1, -0.05) is 48.5 Å². The minimum absolute atomic E-state index is 0.00329. The monoisotopic (exact) mass is 252 g/mol. The molecule has 1 unspecified atom stereocenters. The zero-order chi connectivity index (χ0) is 13.2. The molecule has 0 fully saturated rings. The summed E-state index contributed by atoms with van der Waals surface area (Å²) in [7, 11) is 3.88. The molecular weight excluding hydrogens is 236 g/mol. The van der Waals surface area contributed by atoms with Crippen LogP contribution in [0.25, 0.3) is 0 Å². The number of benzene rings is 2. The molecular formula is C16H16N2O. The predicted octanol–water partition coefficient (Wildman–Crippen LogP) is 3.09. The molecule has 0 spiro atoms. The highest BCUT2D eigenvalue weighted by molar-refractivity contribution is 5.78. The van der Waals surface area contributed by atoms with Crippen LogP contribution in [-0.4, -0.2) is 25.0 Å². The van der Waals surface area contributed by atoms with E-state index in [1.807, 2.05) is 55.4 Å². The molecule has 1 atom stereocenters. The highest BCUT2D eigenvalue weighted by Gasteiger charge is 2.24. The van der Waals surface area contributed by atoms with Crippen LogP contribution in [-0.2, 0) is 0 Å². The van der Waals surface area contributed by atoms with Gasteiger partial charge in [-0.05, 0) is 11.6 Å². The molecule has 0 N–H and O–H groups in total. The Balaban J connectivity index is 2.11. The molecule has 96 valence electrons. The van der Waals surface area contributed by atoms with Crippen LogP contribution in [0.5, 0.6) is 5.75 Å². The molecule has 2 aromatic carbocycles. The number of rotatable bonds is 1. The second-order valence-corrected chi connectivity index (χ2v) is 4.76. The van der Waals surface area contributed by atoms with Crippen molar-refractivity contribution < 1.29 is 4.74 Å². The van der Waals surface area contributed by atoms with Crippen LogP contribution < -0.4 is 4.74 Å². The summed E-state index contributed by atoms with van der Waals surface area (Å²) < 4.78 is 5.82. The Hall–Kier alpha value is -2.29. The molecule has 0 saturated carbocycles. The summed E-state index contributed by atoms with van der Waals surface area (Å²) >= 11 is 0. The van der Waals surface area contributed by atoms with Crippen LogP contribution in [0.1, 0.15) is 17.2 Å². The van der Waals surface area contributed by atoms with Gasteiger partial charge in [0, 0.05) is 19.7 Å². The summed E-state index contributed by atoms with van der Waals surface area (Å²) in [6.45, 7) is 0. The number of para-hydroxylation sites is 1. The first-order valence-corrected chi connectivity index (χ1v) is 6.32. The maximum absolute atomic E-state index is 5.82. The molecule has 3 nitrogen and oxygen atoms in total. The van der Waals surface area contributed by atoms with Crippen LogP contribution in [0, 0.1) is 0 Å². The molecule has 2 aromatic rings. The molecule has 3 heteroatoms. The Labute approximate surface area is 113 Å². The molecule has 1 aliphatic heterocycles. The van der Waals surface area contributed by atoms with Crippen molar-refractivity contribution in [3.63, 3.8) is 0 Å². The lowest BCUT2D eigenvalue weighted by Gasteiger charge is -2.27. The smallest absolute Gasteiger partial charge is 0.293 e. The Morgan fingerprint density at radius 3 is 2.37 bits per heavy atom. The lowest BCUT2D eigenvalue weighted by Crippen LogP contribution is -2.31.